The molecule has 2 saturated heterocycles. The van der Waals surface area contributed by atoms with E-state index >= 15 is 0 Å². The van der Waals surface area contributed by atoms with Crippen LogP contribution in [0.4, 0.5) is 4.79 Å². The van der Waals surface area contributed by atoms with Crippen molar-refractivity contribution in [3.8, 4) is 0 Å². The van der Waals surface area contributed by atoms with E-state index in [9.17, 15) is 14.7 Å². The van der Waals surface area contributed by atoms with E-state index in [0.717, 1.165) is 0 Å². The van der Waals surface area contributed by atoms with Crippen molar-refractivity contribution in [3.63, 3.8) is 0 Å². The number of methoxy groups -OCH3 is 1. The Morgan fingerprint density at radius 2 is 1.92 bits per heavy atom. The number of carbonyl (C=O) groups excluding carboxylic acids is 1. The summed E-state index contributed by atoms with van der Waals surface area (Å²) < 4.78 is 27.6. The minimum atomic E-state index is -1.12. The molecule has 0 aromatic rings. The maximum atomic E-state index is 11.8. The number of amides is 1. The number of hydrogen-bond donors (Lipinski definition) is 2. The summed E-state index contributed by atoms with van der Waals surface area (Å²) in [6.45, 7) is 8.49. The number of hydrogen-bond acceptors (Lipinski definition) is 7. The Bertz CT molecular complexity index is 515. The van der Waals surface area contributed by atoms with Gasteiger partial charge in [0.2, 0.25) is 0 Å². The van der Waals surface area contributed by atoms with Crippen LogP contribution in [-0.4, -0.2) is 66.8 Å². The number of ether oxygens (including phenoxy) is 5. The summed E-state index contributed by atoms with van der Waals surface area (Å²) in [5.41, 5.74) is -0.675. The Morgan fingerprint density at radius 3 is 2.44 bits per heavy atom. The van der Waals surface area contributed by atoms with Crippen LogP contribution >= 0.6 is 0 Å². The molecule has 9 nitrogen and oxygen atoms in total. The predicted molar refractivity (Wildman–Crippen MR) is 84.9 cm³/mol. The van der Waals surface area contributed by atoms with Gasteiger partial charge in [0.25, 0.3) is 0 Å². The molecule has 2 fully saturated rings. The average molecular weight is 361 g/mol. The lowest BCUT2D eigenvalue weighted by molar-refractivity contribution is -0.223. The molecule has 0 bridgehead atoms. The maximum absolute atomic E-state index is 11.8. The quantitative estimate of drug-likeness (QED) is 0.749. The first-order valence-corrected chi connectivity index (χ1v) is 8.17. The number of fused-ring (bicyclic) bond motifs is 1. The van der Waals surface area contributed by atoms with Gasteiger partial charge in [0.05, 0.1) is 0 Å². The van der Waals surface area contributed by atoms with Crippen LogP contribution in [0.5, 0.6) is 0 Å². The van der Waals surface area contributed by atoms with E-state index in [4.69, 9.17) is 23.7 Å². The molecule has 25 heavy (non-hydrogen) atoms. The van der Waals surface area contributed by atoms with Gasteiger partial charge in [-0.3, -0.25) is 4.79 Å². The number of carboxylic acid groups (broad SMARTS) is 1. The molecule has 5 atom stereocenters. The molecule has 0 unspecified atom stereocenters. The fourth-order valence-electron chi connectivity index (χ4n) is 2.95. The van der Waals surface area contributed by atoms with Gasteiger partial charge in [-0.15, -0.1) is 0 Å². The largest absolute Gasteiger partial charge is 0.481 e. The zero-order valence-electron chi connectivity index (χ0n) is 15.4. The minimum Gasteiger partial charge on any atom is -0.481 e. The van der Waals surface area contributed by atoms with Crippen LogP contribution in [0.1, 0.15) is 34.6 Å². The molecule has 9 heteroatoms. The highest BCUT2D eigenvalue weighted by Gasteiger charge is 2.57. The van der Waals surface area contributed by atoms with Crippen molar-refractivity contribution in [1.82, 2.24) is 5.32 Å². The van der Waals surface area contributed by atoms with Crippen LogP contribution in [0.25, 0.3) is 0 Å². The molecule has 0 radical (unpaired) electrons. The van der Waals surface area contributed by atoms with E-state index in [1.807, 2.05) is 0 Å². The lowest BCUT2D eigenvalue weighted by atomic mass is 9.96. The van der Waals surface area contributed by atoms with E-state index in [1.165, 1.54) is 7.11 Å². The van der Waals surface area contributed by atoms with Crippen molar-refractivity contribution in [2.24, 2.45) is 5.92 Å². The van der Waals surface area contributed by atoms with Crippen molar-refractivity contribution < 1.29 is 38.4 Å². The minimum absolute atomic E-state index is 0.169. The van der Waals surface area contributed by atoms with Crippen LogP contribution in [-0.2, 0) is 28.5 Å². The van der Waals surface area contributed by atoms with Crippen LogP contribution in [0, 0.1) is 5.92 Å². The fraction of sp³-hybridized carbons (Fsp3) is 0.875. The lowest BCUT2D eigenvalue weighted by Gasteiger charge is -2.28. The van der Waals surface area contributed by atoms with E-state index in [1.54, 1.807) is 34.6 Å². The zero-order valence-corrected chi connectivity index (χ0v) is 15.4. The van der Waals surface area contributed by atoms with Crippen LogP contribution < -0.4 is 5.32 Å². The van der Waals surface area contributed by atoms with Gasteiger partial charge in [0.1, 0.15) is 29.8 Å². The molecular formula is C16H27NO8. The number of aliphatic carboxylic acids is 1. The third-order valence-electron chi connectivity index (χ3n) is 3.88. The first-order valence-electron chi connectivity index (χ1n) is 8.17. The molecule has 144 valence electrons. The highest BCUT2D eigenvalue weighted by Crippen LogP contribution is 2.40. The maximum Gasteiger partial charge on any atom is 0.407 e. The fourth-order valence-corrected chi connectivity index (χ4v) is 2.95. The molecule has 2 aliphatic heterocycles. The first kappa shape index (κ1) is 19.9. The normalized spacial score (nSPS) is 32.1. The second-order valence-corrected chi connectivity index (χ2v) is 7.60. The van der Waals surface area contributed by atoms with Gasteiger partial charge in [0, 0.05) is 13.7 Å². The second kappa shape index (κ2) is 7.06. The van der Waals surface area contributed by atoms with E-state index < -0.39 is 54.0 Å². The van der Waals surface area contributed by atoms with Crippen LogP contribution in [0.15, 0.2) is 0 Å². The SMILES string of the molecule is CO[C@@H]1[C@H]2OC(C)(C)O[C@H]2O[C@@H]1[C@H](CNC(=O)OC(C)(C)C)C(=O)O. The molecule has 0 aromatic carbocycles. The van der Waals surface area contributed by atoms with Gasteiger partial charge in [-0.05, 0) is 34.6 Å². The van der Waals surface area contributed by atoms with E-state index in [0.29, 0.717) is 0 Å². The van der Waals surface area contributed by atoms with E-state index in [2.05, 4.69) is 5.32 Å². The van der Waals surface area contributed by atoms with Crippen LogP contribution in [0.2, 0.25) is 0 Å². The summed E-state index contributed by atoms with van der Waals surface area (Å²) in [6, 6.07) is 0. The van der Waals surface area contributed by atoms with Crippen molar-refractivity contribution in [1.29, 1.82) is 0 Å². The zero-order chi connectivity index (χ0) is 19.0. The van der Waals surface area contributed by atoms with Crippen molar-refractivity contribution >= 4 is 12.1 Å². The standard InChI is InChI=1S/C16H27NO8/c1-15(2,3)25-14(20)17-7-8(12(18)19)9-10(21-6)11-13(22-9)24-16(4,5)23-11/h8-11,13H,7H2,1-6H3,(H,17,20)(H,18,19)/t8-,9+,10-,11+,13+/m0/s1. The summed E-state index contributed by atoms with van der Waals surface area (Å²) >= 11 is 0. The molecule has 0 aromatic heterocycles. The molecule has 2 N–H and O–H groups in total. The molecule has 2 rings (SSSR count). The summed E-state index contributed by atoms with van der Waals surface area (Å²) in [5.74, 6) is -2.99. The Morgan fingerprint density at radius 1 is 1.28 bits per heavy atom. The molecule has 2 heterocycles. The third-order valence-corrected chi connectivity index (χ3v) is 3.88. The molecule has 0 saturated carbocycles. The van der Waals surface area contributed by atoms with Crippen molar-refractivity contribution in [2.75, 3.05) is 13.7 Å². The molecular weight excluding hydrogens is 334 g/mol. The topological polar surface area (TPSA) is 113 Å². The van der Waals surface area contributed by atoms with Gasteiger partial charge < -0.3 is 34.1 Å². The Kier molecular flexibility index (Phi) is 5.62. The number of rotatable bonds is 5. The van der Waals surface area contributed by atoms with Gasteiger partial charge >= 0.3 is 12.1 Å². The van der Waals surface area contributed by atoms with Crippen molar-refractivity contribution in [3.05, 3.63) is 0 Å². The Labute approximate surface area is 146 Å². The van der Waals surface area contributed by atoms with Crippen molar-refractivity contribution in [2.45, 2.75) is 70.6 Å². The highest BCUT2D eigenvalue weighted by atomic mass is 16.8. The summed E-state index contributed by atoms with van der Waals surface area (Å²) in [6.07, 6.45) is -3.40. The monoisotopic (exact) mass is 361 g/mol. The summed E-state index contributed by atoms with van der Waals surface area (Å²) in [7, 11) is 1.46. The number of nitrogens with one attached hydrogen (secondary N) is 1. The number of carbonyl (C=O) groups is 2. The summed E-state index contributed by atoms with van der Waals surface area (Å²) in [5, 5.41) is 12.0. The second-order valence-electron chi connectivity index (χ2n) is 7.60. The molecule has 1 amide bonds. The Balaban J connectivity index is 2.03. The van der Waals surface area contributed by atoms with Gasteiger partial charge in [-0.25, -0.2) is 4.79 Å². The van der Waals surface area contributed by atoms with Gasteiger partial charge in [-0.2, -0.15) is 0 Å². The average Bonchev–Trinajstić information content (AvgIpc) is 2.87. The number of carboxylic acids is 1. The predicted octanol–water partition coefficient (Wildman–Crippen LogP) is 1.10. The highest BCUT2D eigenvalue weighted by molar-refractivity contribution is 5.73. The smallest absolute Gasteiger partial charge is 0.407 e. The van der Waals surface area contributed by atoms with Gasteiger partial charge in [0.15, 0.2) is 12.1 Å². The summed E-state index contributed by atoms with van der Waals surface area (Å²) in [4.78, 5) is 23.5. The Hall–Kier alpha value is -1.42. The number of alkyl carbamates (subject to hydrolysis) is 1. The molecule has 0 spiro atoms. The molecule has 2 aliphatic rings. The first-order chi connectivity index (χ1) is 11.4. The van der Waals surface area contributed by atoms with E-state index in [-0.39, 0.29) is 6.54 Å². The van der Waals surface area contributed by atoms with Crippen LogP contribution in [0.3, 0.4) is 0 Å². The molecule has 0 aliphatic carbocycles. The lowest BCUT2D eigenvalue weighted by Crippen LogP contribution is -2.47. The third kappa shape index (κ3) is 4.81. The van der Waals surface area contributed by atoms with Gasteiger partial charge in [-0.1, -0.05) is 0 Å².